The zero-order chi connectivity index (χ0) is 15.2. The number of hydrogen-bond acceptors (Lipinski definition) is 2. The van der Waals surface area contributed by atoms with E-state index in [1.54, 1.807) is 0 Å². The molecule has 1 saturated carbocycles. The molecule has 3 heteroatoms. The maximum atomic E-state index is 10.6. The van der Waals surface area contributed by atoms with Gasteiger partial charge in [-0.05, 0) is 49.7 Å². The highest BCUT2D eigenvalue weighted by Gasteiger charge is 2.36. The van der Waals surface area contributed by atoms with Gasteiger partial charge in [0.1, 0.15) is 0 Å². The Morgan fingerprint density at radius 1 is 1.24 bits per heavy atom. The van der Waals surface area contributed by atoms with Gasteiger partial charge in [-0.1, -0.05) is 33.1 Å². The smallest absolute Gasteiger partial charge is 0.0747 e. The summed E-state index contributed by atoms with van der Waals surface area (Å²) >= 11 is 0. The van der Waals surface area contributed by atoms with Crippen LogP contribution in [0.25, 0.3) is 0 Å². The molecule has 0 spiro atoms. The van der Waals surface area contributed by atoms with Crippen molar-refractivity contribution in [2.45, 2.75) is 83.9 Å². The molecule has 3 atom stereocenters. The van der Waals surface area contributed by atoms with Gasteiger partial charge >= 0.3 is 0 Å². The Labute approximate surface area is 128 Å². The summed E-state index contributed by atoms with van der Waals surface area (Å²) in [6.07, 6.45) is 7.59. The van der Waals surface area contributed by atoms with Crippen LogP contribution in [0.3, 0.4) is 0 Å². The largest absolute Gasteiger partial charge is 0.391 e. The summed E-state index contributed by atoms with van der Waals surface area (Å²) in [4.78, 5) is 0. The molecule has 0 bridgehead atoms. The lowest BCUT2D eigenvalue weighted by molar-refractivity contribution is 0.101. The van der Waals surface area contributed by atoms with Crippen LogP contribution in [-0.4, -0.2) is 15.8 Å². The Balaban J connectivity index is 2.03. The van der Waals surface area contributed by atoms with Crippen LogP contribution in [-0.2, 0) is 6.42 Å². The van der Waals surface area contributed by atoms with Crippen molar-refractivity contribution >= 4 is 0 Å². The van der Waals surface area contributed by atoms with E-state index in [0.29, 0.717) is 0 Å². The van der Waals surface area contributed by atoms with Crippen LogP contribution in [0, 0.1) is 12.3 Å². The van der Waals surface area contributed by atoms with E-state index in [0.717, 1.165) is 32.1 Å². The first kappa shape index (κ1) is 15.1. The van der Waals surface area contributed by atoms with Gasteiger partial charge in [0.25, 0.3) is 0 Å². The van der Waals surface area contributed by atoms with E-state index in [4.69, 9.17) is 5.73 Å². The van der Waals surface area contributed by atoms with Gasteiger partial charge in [-0.15, -0.1) is 0 Å². The van der Waals surface area contributed by atoms with Crippen LogP contribution in [0.15, 0.2) is 6.07 Å². The van der Waals surface area contributed by atoms with Gasteiger partial charge in [-0.3, -0.25) is 0 Å². The standard InChI is InChI=1S/C18H30N2O/c1-12-9-13-14(19)10-18(2,3)11-16(13)20(12)15-7-5-4-6-8-17(15)21/h9,14-15,17,21H,4-8,10-11,19H2,1-3H3. The molecule has 0 aliphatic heterocycles. The molecule has 118 valence electrons. The molecule has 2 aliphatic carbocycles. The van der Waals surface area contributed by atoms with Gasteiger partial charge < -0.3 is 15.4 Å². The fraction of sp³-hybridized carbons (Fsp3) is 0.778. The normalized spacial score (nSPS) is 32.5. The predicted molar refractivity (Wildman–Crippen MR) is 86.3 cm³/mol. The zero-order valence-electron chi connectivity index (χ0n) is 13.7. The minimum Gasteiger partial charge on any atom is -0.391 e. The molecule has 2 aliphatic rings. The summed E-state index contributed by atoms with van der Waals surface area (Å²) in [5, 5.41) is 10.6. The highest BCUT2D eigenvalue weighted by molar-refractivity contribution is 5.35. The summed E-state index contributed by atoms with van der Waals surface area (Å²) in [6, 6.07) is 2.66. The van der Waals surface area contributed by atoms with Gasteiger partial charge in [-0.2, -0.15) is 0 Å². The first-order valence-corrected chi connectivity index (χ1v) is 8.53. The van der Waals surface area contributed by atoms with Gasteiger partial charge in [0, 0.05) is 17.4 Å². The number of rotatable bonds is 1. The summed E-state index contributed by atoms with van der Waals surface area (Å²) in [5.41, 5.74) is 10.7. The molecule has 1 aromatic heterocycles. The molecule has 0 aromatic carbocycles. The average Bonchev–Trinajstić information content (AvgIpc) is 2.56. The number of aliphatic hydroxyl groups is 1. The fourth-order valence-electron chi connectivity index (χ4n) is 4.50. The highest BCUT2D eigenvalue weighted by Crippen LogP contribution is 2.43. The highest BCUT2D eigenvalue weighted by atomic mass is 16.3. The van der Waals surface area contributed by atoms with Crippen molar-refractivity contribution < 1.29 is 5.11 Å². The van der Waals surface area contributed by atoms with Gasteiger partial charge in [-0.25, -0.2) is 0 Å². The molecule has 1 fully saturated rings. The molecule has 1 aromatic rings. The Morgan fingerprint density at radius 2 is 1.95 bits per heavy atom. The van der Waals surface area contributed by atoms with Crippen molar-refractivity contribution in [2.75, 3.05) is 0 Å². The van der Waals surface area contributed by atoms with Crippen LogP contribution in [0.1, 0.15) is 81.4 Å². The van der Waals surface area contributed by atoms with Crippen molar-refractivity contribution in [3.05, 3.63) is 23.0 Å². The number of aromatic nitrogens is 1. The second kappa shape index (κ2) is 5.44. The minimum absolute atomic E-state index is 0.145. The second-order valence-electron chi connectivity index (χ2n) is 7.98. The van der Waals surface area contributed by atoms with Crippen LogP contribution in [0.5, 0.6) is 0 Å². The predicted octanol–water partition coefficient (Wildman–Crippen LogP) is 3.63. The summed E-state index contributed by atoms with van der Waals surface area (Å²) in [7, 11) is 0. The van der Waals surface area contributed by atoms with E-state index in [9.17, 15) is 5.11 Å². The Kier molecular flexibility index (Phi) is 3.91. The van der Waals surface area contributed by atoms with E-state index in [1.165, 1.54) is 29.8 Å². The van der Waals surface area contributed by atoms with E-state index < -0.39 is 0 Å². The lowest BCUT2D eigenvalue weighted by Gasteiger charge is -2.36. The molecule has 3 nitrogen and oxygen atoms in total. The van der Waals surface area contributed by atoms with Crippen LogP contribution >= 0.6 is 0 Å². The fourth-order valence-corrected chi connectivity index (χ4v) is 4.50. The van der Waals surface area contributed by atoms with Crippen molar-refractivity contribution in [3.63, 3.8) is 0 Å². The van der Waals surface area contributed by atoms with Crippen molar-refractivity contribution in [1.82, 2.24) is 4.57 Å². The maximum Gasteiger partial charge on any atom is 0.0747 e. The molecule has 3 N–H and O–H groups in total. The molecule has 0 radical (unpaired) electrons. The first-order valence-electron chi connectivity index (χ1n) is 8.53. The summed E-state index contributed by atoms with van der Waals surface area (Å²) in [6.45, 7) is 6.80. The van der Waals surface area contributed by atoms with Crippen LogP contribution in [0.2, 0.25) is 0 Å². The molecule has 1 heterocycles. The number of hydrogen-bond donors (Lipinski definition) is 2. The third kappa shape index (κ3) is 2.78. The van der Waals surface area contributed by atoms with Crippen molar-refractivity contribution in [2.24, 2.45) is 11.1 Å². The minimum atomic E-state index is -0.205. The Hall–Kier alpha value is -0.800. The molecule has 3 rings (SSSR count). The lowest BCUT2D eigenvalue weighted by atomic mass is 9.74. The Bertz CT molecular complexity index is 518. The topological polar surface area (TPSA) is 51.2 Å². The van der Waals surface area contributed by atoms with Crippen molar-refractivity contribution in [1.29, 1.82) is 0 Å². The van der Waals surface area contributed by atoms with E-state index >= 15 is 0 Å². The van der Waals surface area contributed by atoms with E-state index in [1.807, 2.05) is 0 Å². The first-order chi connectivity index (χ1) is 9.89. The van der Waals surface area contributed by atoms with Gasteiger partial charge in [0.2, 0.25) is 0 Å². The third-order valence-electron chi connectivity index (χ3n) is 5.46. The zero-order valence-corrected chi connectivity index (χ0v) is 13.7. The Morgan fingerprint density at radius 3 is 2.71 bits per heavy atom. The summed E-state index contributed by atoms with van der Waals surface area (Å²) in [5.74, 6) is 0. The molecular weight excluding hydrogens is 260 g/mol. The monoisotopic (exact) mass is 290 g/mol. The molecule has 21 heavy (non-hydrogen) atoms. The lowest BCUT2D eigenvalue weighted by Crippen LogP contribution is -2.33. The van der Waals surface area contributed by atoms with Gasteiger partial charge in [0.15, 0.2) is 0 Å². The van der Waals surface area contributed by atoms with E-state index in [2.05, 4.69) is 31.4 Å². The molecule has 0 saturated heterocycles. The van der Waals surface area contributed by atoms with Gasteiger partial charge in [0.05, 0.1) is 12.1 Å². The van der Waals surface area contributed by atoms with Crippen LogP contribution in [0.4, 0.5) is 0 Å². The molecule has 0 amide bonds. The number of nitrogens with two attached hydrogens (primary N) is 1. The molecular formula is C18H30N2O. The second-order valence-corrected chi connectivity index (χ2v) is 7.98. The number of aryl methyl sites for hydroxylation is 1. The summed E-state index contributed by atoms with van der Waals surface area (Å²) < 4.78 is 2.44. The SMILES string of the molecule is Cc1cc2c(n1C1CCCCCC1O)CC(C)(C)CC2N. The quantitative estimate of drug-likeness (QED) is 0.776. The van der Waals surface area contributed by atoms with E-state index in [-0.39, 0.29) is 23.6 Å². The number of aliphatic hydroxyl groups excluding tert-OH is 1. The maximum absolute atomic E-state index is 10.6. The third-order valence-corrected chi connectivity index (χ3v) is 5.46. The average molecular weight is 290 g/mol. The number of fused-ring (bicyclic) bond motifs is 1. The number of nitrogens with zero attached hydrogens (tertiary/aromatic N) is 1. The van der Waals surface area contributed by atoms with Crippen molar-refractivity contribution in [3.8, 4) is 0 Å². The molecule has 3 unspecified atom stereocenters. The van der Waals surface area contributed by atoms with Crippen LogP contribution < -0.4 is 5.73 Å².